The molecule has 156 valence electrons. The van der Waals surface area contributed by atoms with Gasteiger partial charge in [0.15, 0.2) is 0 Å². The van der Waals surface area contributed by atoms with Crippen molar-refractivity contribution in [2.24, 2.45) is 0 Å². The number of hydrogen-bond acceptors (Lipinski definition) is 4. The summed E-state index contributed by atoms with van der Waals surface area (Å²) in [5.74, 6) is -0.0473. The third-order valence-corrected chi connectivity index (χ3v) is 8.24. The molecule has 0 spiro atoms. The van der Waals surface area contributed by atoms with Crippen molar-refractivity contribution in [1.29, 1.82) is 0 Å². The van der Waals surface area contributed by atoms with Crippen LogP contribution in [-0.4, -0.2) is 73.7 Å². The molecule has 0 atom stereocenters. The molecule has 0 aromatic heterocycles. The summed E-state index contributed by atoms with van der Waals surface area (Å²) in [5.41, 5.74) is 1.33. The van der Waals surface area contributed by atoms with Crippen LogP contribution >= 0.6 is 0 Å². The molecule has 2 aliphatic heterocycles. The number of amides is 1. The van der Waals surface area contributed by atoms with Gasteiger partial charge in [0.1, 0.15) is 0 Å². The summed E-state index contributed by atoms with van der Waals surface area (Å²) in [6.07, 6.45) is 4.57. The Bertz CT molecular complexity index is 791. The van der Waals surface area contributed by atoms with Gasteiger partial charge in [0, 0.05) is 37.8 Å². The SMILES string of the molecule is CCN(CC)S(=O)(=O)c1ccc(C)c(C(=O)N2CCC(N3CCCC3)CC2)c1. The Morgan fingerprint density at radius 1 is 1.07 bits per heavy atom. The predicted molar refractivity (Wildman–Crippen MR) is 111 cm³/mol. The van der Waals surface area contributed by atoms with Crippen LogP contribution in [0, 0.1) is 6.92 Å². The van der Waals surface area contributed by atoms with Crippen LogP contribution in [0.2, 0.25) is 0 Å². The van der Waals surface area contributed by atoms with Gasteiger partial charge in [-0.3, -0.25) is 4.79 Å². The van der Waals surface area contributed by atoms with E-state index in [1.165, 1.54) is 30.2 Å². The summed E-state index contributed by atoms with van der Waals surface area (Å²) in [7, 11) is -3.57. The topological polar surface area (TPSA) is 60.9 Å². The lowest BCUT2D eigenvalue weighted by molar-refractivity contribution is 0.0643. The van der Waals surface area contributed by atoms with Crippen LogP contribution in [0.1, 0.15) is 55.5 Å². The first-order valence-electron chi connectivity index (χ1n) is 10.5. The minimum absolute atomic E-state index is 0.0473. The molecule has 0 radical (unpaired) electrons. The van der Waals surface area contributed by atoms with Crippen LogP contribution in [0.4, 0.5) is 0 Å². The van der Waals surface area contributed by atoms with Crippen molar-refractivity contribution in [1.82, 2.24) is 14.1 Å². The summed E-state index contributed by atoms with van der Waals surface area (Å²) in [5, 5.41) is 0. The number of rotatable bonds is 6. The maximum atomic E-state index is 13.1. The van der Waals surface area contributed by atoms with Crippen molar-refractivity contribution < 1.29 is 13.2 Å². The van der Waals surface area contributed by atoms with E-state index in [2.05, 4.69) is 4.90 Å². The zero-order chi connectivity index (χ0) is 20.3. The fourth-order valence-corrected chi connectivity index (χ4v) is 5.90. The van der Waals surface area contributed by atoms with Crippen molar-refractivity contribution in [3.05, 3.63) is 29.3 Å². The van der Waals surface area contributed by atoms with E-state index >= 15 is 0 Å². The Morgan fingerprint density at radius 2 is 1.68 bits per heavy atom. The Kier molecular flexibility index (Phi) is 6.78. The molecule has 1 aromatic carbocycles. The average molecular weight is 408 g/mol. The van der Waals surface area contributed by atoms with Crippen LogP contribution in [0.5, 0.6) is 0 Å². The first-order chi connectivity index (χ1) is 13.4. The largest absolute Gasteiger partial charge is 0.339 e. The molecule has 7 heteroatoms. The number of carbonyl (C=O) groups excluding carboxylic acids is 1. The van der Waals surface area contributed by atoms with Gasteiger partial charge >= 0.3 is 0 Å². The van der Waals surface area contributed by atoms with Crippen LogP contribution in [0.3, 0.4) is 0 Å². The lowest BCUT2D eigenvalue weighted by Gasteiger charge is -2.37. The molecule has 0 saturated carbocycles. The second-order valence-corrected chi connectivity index (χ2v) is 9.77. The first-order valence-corrected chi connectivity index (χ1v) is 12.0. The monoisotopic (exact) mass is 407 g/mol. The van der Waals surface area contributed by atoms with Gasteiger partial charge in [-0.25, -0.2) is 8.42 Å². The van der Waals surface area contributed by atoms with E-state index in [1.54, 1.807) is 18.2 Å². The fourth-order valence-electron chi connectivity index (χ4n) is 4.42. The van der Waals surface area contributed by atoms with E-state index in [4.69, 9.17) is 0 Å². The molecule has 3 rings (SSSR count). The van der Waals surface area contributed by atoms with Crippen molar-refractivity contribution >= 4 is 15.9 Å². The van der Waals surface area contributed by atoms with E-state index in [1.807, 2.05) is 25.7 Å². The van der Waals surface area contributed by atoms with E-state index < -0.39 is 10.0 Å². The third kappa shape index (κ3) is 4.26. The van der Waals surface area contributed by atoms with Gasteiger partial charge in [-0.2, -0.15) is 4.31 Å². The zero-order valence-corrected chi connectivity index (χ0v) is 18.2. The smallest absolute Gasteiger partial charge is 0.254 e. The lowest BCUT2D eigenvalue weighted by atomic mass is 10.0. The average Bonchev–Trinajstić information content (AvgIpc) is 3.23. The normalized spacial score (nSPS) is 19.5. The molecule has 0 aliphatic carbocycles. The Labute approximate surface area is 169 Å². The molecule has 2 heterocycles. The van der Waals surface area contributed by atoms with Gasteiger partial charge in [0.2, 0.25) is 10.0 Å². The maximum absolute atomic E-state index is 13.1. The zero-order valence-electron chi connectivity index (χ0n) is 17.4. The minimum Gasteiger partial charge on any atom is -0.339 e. The van der Waals surface area contributed by atoms with Gasteiger partial charge in [0.25, 0.3) is 5.91 Å². The number of sulfonamides is 1. The molecule has 0 unspecified atom stereocenters. The Hall–Kier alpha value is -1.44. The quantitative estimate of drug-likeness (QED) is 0.727. The molecular formula is C21H33N3O3S. The van der Waals surface area contributed by atoms with E-state index in [-0.39, 0.29) is 10.8 Å². The van der Waals surface area contributed by atoms with Gasteiger partial charge < -0.3 is 9.80 Å². The number of piperidine rings is 1. The van der Waals surface area contributed by atoms with Gasteiger partial charge in [0.05, 0.1) is 4.90 Å². The number of nitrogens with zero attached hydrogens (tertiary/aromatic N) is 3. The van der Waals surface area contributed by atoms with Crippen LogP contribution < -0.4 is 0 Å². The summed E-state index contributed by atoms with van der Waals surface area (Å²) in [6.45, 7) is 10.2. The van der Waals surface area contributed by atoms with E-state index in [0.29, 0.717) is 24.7 Å². The standard InChI is InChI=1S/C21H33N3O3S/c1-4-24(5-2)28(26,27)19-9-8-17(3)20(16-19)21(25)23-14-10-18(11-15-23)22-12-6-7-13-22/h8-9,16,18H,4-7,10-15H2,1-3H3. The van der Waals surface area contributed by atoms with E-state index in [0.717, 1.165) is 31.5 Å². The number of hydrogen-bond donors (Lipinski definition) is 0. The second-order valence-electron chi connectivity index (χ2n) is 7.83. The van der Waals surface area contributed by atoms with Crippen LogP contribution in [0.15, 0.2) is 23.1 Å². The number of likely N-dealkylation sites (tertiary alicyclic amines) is 2. The molecule has 6 nitrogen and oxygen atoms in total. The van der Waals surface area contributed by atoms with Gasteiger partial charge in [-0.05, 0) is 63.4 Å². The molecule has 2 fully saturated rings. The molecule has 1 amide bonds. The fraction of sp³-hybridized carbons (Fsp3) is 0.667. The highest BCUT2D eigenvalue weighted by Gasteiger charge is 2.30. The summed E-state index contributed by atoms with van der Waals surface area (Å²) in [4.78, 5) is 17.8. The summed E-state index contributed by atoms with van der Waals surface area (Å²) in [6, 6.07) is 5.51. The Morgan fingerprint density at radius 3 is 2.25 bits per heavy atom. The van der Waals surface area contributed by atoms with Gasteiger partial charge in [-0.1, -0.05) is 19.9 Å². The van der Waals surface area contributed by atoms with Crippen molar-refractivity contribution in [3.8, 4) is 0 Å². The molecule has 2 saturated heterocycles. The first kappa shape index (κ1) is 21.3. The van der Waals surface area contributed by atoms with Crippen molar-refractivity contribution in [2.45, 2.75) is 57.4 Å². The highest BCUT2D eigenvalue weighted by Crippen LogP contribution is 2.25. The molecule has 28 heavy (non-hydrogen) atoms. The summed E-state index contributed by atoms with van der Waals surface area (Å²) < 4.78 is 27.1. The molecule has 1 aromatic rings. The Balaban J connectivity index is 1.75. The van der Waals surface area contributed by atoms with Crippen LogP contribution in [-0.2, 0) is 10.0 Å². The van der Waals surface area contributed by atoms with Gasteiger partial charge in [-0.15, -0.1) is 0 Å². The number of carbonyl (C=O) groups is 1. The minimum atomic E-state index is -3.57. The van der Waals surface area contributed by atoms with Crippen LogP contribution in [0.25, 0.3) is 0 Å². The molecule has 0 bridgehead atoms. The lowest BCUT2D eigenvalue weighted by Crippen LogP contribution is -2.46. The molecule has 2 aliphatic rings. The number of benzene rings is 1. The van der Waals surface area contributed by atoms with Crippen molar-refractivity contribution in [2.75, 3.05) is 39.3 Å². The van der Waals surface area contributed by atoms with Crippen molar-refractivity contribution in [3.63, 3.8) is 0 Å². The maximum Gasteiger partial charge on any atom is 0.254 e. The second kappa shape index (κ2) is 8.93. The third-order valence-electron chi connectivity index (χ3n) is 6.19. The molecular weight excluding hydrogens is 374 g/mol. The number of aryl methyl sites for hydroxylation is 1. The highest BCUT2D eigenvalue weighted by atomic mass is 32.2. The summed E-state index contributed by atoms with van der Waals surface area (Å²) >= 11 is 0. The van der Waals surface area contributed by atoms with E-state index in [9.17, 15) is 13.2 Å². The highest BCUT2D eigenvalue weighted by molar-refractivity contribution is 7.89. The predicted octanol–water partition coefficient (Wildman–Crippen LogP) is 2.73. The molecule has 0 N–H and O–H groups in total.